The van der Waals surface area contributed by atoms with Crippen molar-refractivity contribution in [3.63, 3.8) is 0 Å². The standard InChI is InChI=1S/C30H32N2O4P2/c1-5-35-38(33,36-6-2)30-22-27(23-16-18-24(34-4)19-17-23)26-14-10-11-15-28(26)37(30,25-12-8-7-9-13-25)29-20-21-31-32(29)3/h7-22H,5-6H2,1-4H3. The van der Waals surface area contributed by atoms with Crippen molar-refractivity contribution in [3.8, 4) is 5.75 Å². The van der Waals surface area contributed by atoms with E-state index in [9.17, 15) is 4.57 Å². The van der Waals surface area contributed by atoms with Crippen LogP contribution in [0.25, 0.3) is 5.57 Å². The molecule has 1 aliphatic rings. The maximum absolute atomic E-state index is 14.9. The van der Waals surface area contributed by atoms with Gasteiger partial charge in [0.2, 0.25) is 0 Å². The third kappa shape index (κ3) is 4.32. The lowest BCUT2D eigenvalue weighted by molar-refractivity contribution is 0.233. The largest absolute Gasteiger partial charge is 0.497 e. The van der Waals surface area contributed by atoms with E-state index in [1.54, 1.807) is 13.3 Å². The molecule has 0 radical (unpaired) electrons. The Morgan fingerprint density at radius 1 is 0.868 bits per heavy atom. The van der Waals surface area contributed by atoms with Crippen LogP contribution in [0.1, 0.15) is 25.0 Å². The van der Waals surface area contributed by atoms with Gasteiger partial charge in [-0.1, -0.05) is 66.7 Å². The van der Waals surface area contributed by atoms with E-state index in [4.69, 9.17) is 13.8 Å². The first-order chi connectivity index (χ1) is 18.5. The van der Waals surface area contributed by atoms with Crippen LogP contribution < -0.4 is 20.8 Å². The number of nitrogens with zero attached hydrogens (tertiary/aromatic N) is 2. The van der Waals surface area contributed by atoms with Crippen molar-refractivity contribution < 1.29 is 18.3 Å². The van der Waals surface area contributed by atoms with Crippen molar-refractivity contribution in [1.29, 1.82) is 0 Å². The molecule has 0 saturated carbocycles. The van der Waals surface area contributed by atoms with Crippen LogP contribution in [0.15, 0.2) is 97.2 Å². The van der Waals surface area contributed by atoms with Crippen LogP contribution >= 0.6 is 14.5 Å². The molecule has 4 aromatic rings. The van der Waals surface area contributed by atoms with Crippen LogP contribution in [0.3, 0.4) is 0 Å². The number of benzene rings is 3. The molecule has 3 aromatic carbocycles. The van der Waals surface area contributed by atoms with E-state index in [0.717, 1.165) is 38.5 Å². The normalized spacial score (nSPS) is 17.2. The summed E-state index contributed by atoms with van der Waals surface area (Å²) in [5.41, 5.74) is 4.02. The van der Waals surface area contributed by atoms with E-state index in [2.05, 4.69) is 41.5 Å². The van der Waals surface area contributed by atoms with Gasteiger partial charge < -0.3 is 13.8 Å². The molecule has 6 nitrogen and oxygen atoms in total. The number of methoxy groups -OCH3 is 1. The molecule has 196 valence electrons. The Kier molecular flexibility index (Phi) is 7.61. The van der Waals surface area contributed by atoms with Crippen LogP contribution in [0.2, 0.25) is 0 Å². The van der Waals surface area contributed by atoms with Crippen molar-refractivity contribution >= 4 is 41.1 Å². The van der Waals surface area contributed by atoms with E-state index >= 15 is 0 Å². The maximum Gasteiger partial charge on any atom is 0.362 e. The fraction of sp³-hybridized carbons (Fsp3) is 0.200. The first-order valence-electron chi connectivity index (χ1n) is 12.7. The number of allylic oxidation sites excluding steroid dienone is 1. The highest BCUT2D eigenvalue weighted by Gasteiger charge is 2.45. The number of ether oxygens (including phenoxy) is 1. The van der Waals surface area contributed by atoms with E-state index in [1.165, 1.54) is 0 Å². The average Bonchev–Trinajstić information content (AvgIpc) is 3.39. The Bertz CT molecular complexity index is 1560. The summed E-state index contributed by atoms with van der Waals surface area (Å²) in [6.07, 6.45) is 3.86. The maximum atomic E-state index is 14.9. The average molecular weight is 547 g/mol. The molecule has 8 heteroatoms. The highest BCUT2D eigenvalue weighted by Crippen LogP contribution is 2.64. The monoisotopic (exact) mass is 546 g/mol. The molecule has 2 heterocycles. The SMILES string of the molecule is CCOP(=O)(OCC)C1=P(c2ccccc2)(c2ccnn2C)c2ccccc2C(c2ccc(OC)cc2)=C1. The van der Waals surface area contributed by atoms with Crippen LogP contribution in [-0.4, -0.2) is 35.1 Å². The van der Waals surface area contributed by atoms with Gasteiger partial charge in [-0.15, -0.1) is 0 Å². The highest BCUT2D eigenvalue weighted by molar-refractivity contribution is 8.06. The fourth-order valence-electron chi connectivity index (χ4n) is 5.19. The zero-order chi connectivity index (χ0) is 26.8. The number of fused-ring (bicyclic) bond motifs is 1. The van der Waals surface area contributed by atoms with Crippen LogP contribution in [-0.2, 0) is 20.7 Å². The first kappa shape index (κ1) is 26.5. The number of rotatable bonds is 9. The number of hydrogen-bond donors (Lipinski definition) is 0. The molecule has 0 spiro atoms. The molecule has 1 aliphatic heterocycles. The quantitative estimate of drug-likeness (QED) is 0.257. The van der Waals surface area contributed by atoms with E-state index < -0.39 is 14.5 Å². The topological polar surface area (TPSA) is 62.6 Å². The van der Waals surface area contributed by atoms with Gasteiger partial charge in [0.05, 0.1) is 30.8 Å². The summed E-state index contributed by atoms with van der Waals surface area (Å²) in [7, 11) is -0.152. The van der Waals surface area contributed by atoms with E-state index in [1.807, 2.05) is 80.2 Å². The molecule has 1 aromatic heterocycles. The molecular formula is C30H32N2O4P2. The van der Waals surface area contributed by atoms with E-state index in [-0.39, 0.29) is 13.2 Å². The smallest absolute Gasteiger partial charge is 0.362 e. The molecule has 0 saturated heterocycles. The second kappa shape index (κ2) is 10.9. The van der Waals surface area contributed by atoms with Crippen molar-refractivity contribution in [2.24, 2.45) is 7.05 Å². The summed E-state index contributed by atoms with van der Waals surface area (Å²) < 4.78 is 34.4. The van der Waals surface area contributed by atoms with Gasteiger partial charge in [-0.3, -0.25) is 9.25 Å². The molecule has 0 aliphatic carbocycles. The second-order valence-corrected chi connectivity index (χ2v) is 14.4. The van der Waals surface area contributed by atoms with Gasteiger partial charge in [0, 0.05) is 20.1 Å². The zero-order valence-electron chi connectivity index (χ0n) is 22.1. The predicted octanol–water partition coefficient (Wildman–Crippen LogP) is 5.56. The van der Waals surface area contributed by atoms with Crippen molar-refractivity contribution in [2.75, 3.05) is 20.3 Å². The fourth-order valence-corrected chi connectivity index (χ4v) is 13.4. The third-order valence-electron chi connectivity index (χ3n) is 6.73. The summed E-state index contributed by atoms with van der Waals surface area (Å²) >= 11 is 0. The Labute approximate surface area is 224 Å². The Balaban J connectivity index is 2.02. The molecule has 0 fully saturated rings. The predicted molar refractivity (Wildman–Crippen MR) is 158 cm³/mol. The zero-order valence-corrected chi connectivity index (χ0v) is 23.9. The van der Waals surface area contributed by atoms with Crippen molar-refractivity contribution in [1.82, 2.24) is 9.78 Å². The first-order valence-corrected chi connectivity index (χ1v) is 16.0. The highest BCUT2D eigenvalue weighted by atomic mass is 31.2. The van der Waals surface area contributed by atoms with Gasteiger partial charge in [0.25, 0.3) is 0 Å². The molecule has 0 amide bonds. The number of hydrogen-bond acceptors (Lipinski definition) is 5. The van der Waals surface area contributed by atoms with Crippen LogP contribution in [0.5, 0.6) is 5.75 Å². The molecule has 0 bridgehead atoms. The summed E-state index contributed by atoms with van der Waals surface area (Å²) in [4.78, 5) is 0. The Hall–Kier alpha value is -3.14. The molecular weight excluding hydrogens is 514 g/mol. The molecule has 0 N–H and O–H groups in total. The summed E-state index contributed by atoms with van der Waals surface area (Å²) in [6.45, 7) is 1.48. The van der Waals surface area contributed by atoms with Crippen LogP contribution in [0, 0.1) is 0 Å². The Morgan fingerprint density at radius 2 is 1.53 bits per heavy atom. The molecule has 1 unspecified atom stereocenters. The number of aryl methyl sites for hydroxylation is 1. The summed E-state index contributed by atoms with van der Waals surface area (Å²) in [6, 6.07) is 28.7. The summed E-state index contributed by atoms with van der Waals surface area (Å²) in [5, 5.41) is 7.40. The minimum atomic E-state index is -3.75. The van der Waals surface area contributed by atoms with E-state index in [0.29, 0.717) is 5.03 Å². The van der Waals surface area contributed by atoms with Gasteiger partial charge in [-0.2, -0.15) is 5.10 Å². The van der Waals surface area contributed by atoms with Crippen LogP contribution in [0.4, 0.5) is 0 Å². The lowest BCUT2D eigenvalue weighted by Gasteiger charge is -2.38. The second-order valence-electron chi connectivity index (χ2n) is 8.81. The molecule has 1 atom stereocenters. The lowest BCUT2D eigenvalue weighted by atomic mass is 9.97. The summed E-state index contributed by atoms with van der Waals surface area (Å²) in [5.74, 6) is 0.776. The van der Waals surface area contributed by atoms with Gasteiger partial charge in [0.15, 0.2) is 0 Å². The third-order valence-corrected chi connectivity index (χ3v) is 14.4. The minimum absolute atomic E-state index is 0.258. The van der Waals surface area contributed by atoms with Gasteiger partial charge in [-0.25, -0.2) is 0 Å². The molecule has 5 rings (SSSR count). The Morgan fingerprint density at radius 3 is 2.13 bits per heavy atom. The lowest BCUT2D eigenvalue weighted by Crippen LogP contribution is -2.37. The van der Waals surface area contributed by atoms with Crippen molar-refractivity contribution in [2.45, 2.75) is 13.8 Å². The van der Waals surface area contributed by atoms with Gasteiger partial charge in [0.1, 0.15) is 5.75 Å². The minimum Gasteiger partial charge on any atom is -0.497 e. The van der Waals surface area contributed by atoms with Crippen molar-refractivity contribution in [3.05, 3.63) is 108 Å². The van der Waals surface area contributed by atoms with Gasteiger partial charge >= 0.3 is 7.60 Å². The van der Waals surface area contributed by atoms with Gasteiger partial charge in [-0.05, 0) is 65.4 Å². The molecule has 38 heavy (non-hydrogen) atoms. The number of aromatic nitrogens is 2.